The first-order valence-corrected chi connectivity index (χ1v) is 5.85. The van der Waals surface area contributed by atoms with Crippen LogP contribution in [0.3, 0.4) is 0 Å². The lowest BCUT2D eigenvalue weighted by Gasteiger charge is -2.05. The van der Waals surface area contributed by atoms with E-state index in [0.717, 1.165) is 0 Å². The van der Waals surface area contributed by atoms with E-state index in [1.54, 1.807) is 6.07 Å². The maximum atomic E-state index is 13.5. The molecule has 2 aromatic rings. The van der Waals surface area contributed by atoms with Crippen LogP contribution in [0.25, 0.3) is 0 Å². The molecular weight excluding hydrogens is 263 g/mol. The van der Waals surface area contributed by atoms with E-state index in [2.05, 4.69) is 9.97 Å². The van der Waals surface area contributed by atoms with Crippen LogP contribution >= 0.6 is 0 Å². The van der Waals surface area contributed by atoms with Gasteiger partial charge in [-0.1, -0.05) is 6.07 Å². The Bertz CT molecular complexity index is 632. The lowest BCUT2D eigenvalue weighted by atomic mass is 10.1. The molecule has 0 fully saturated rings. The van der Waals surface area contributed by atoms with Gasteiger partial charge in [0.2, 0.25) is 5.88 Å². The summed E-state index contributed by atoms with van der Waals surface area (Å²) in [6.07, 6.45) is 1.29. The minimum atomic E-state index is -0.502. The van der Waals surface area contributed by atoms with Crippen LogP contribution in [-0.2, 0) is 6.42 Å². The Kier molecular flexibility index (Phi) is 4.24. The molecule has 2 rings (SSSR count). The summed E-state index contributed by atoms with van der Waals surface area (Å²) in [5.74, 6) is -0.289. The van der Waals surface area contributed by atoms with E-state index in [1.165, 1.54) is 38.7 Å². The van der Waals surface area contributed by atoms with E-state index in [-0.39, 0.29) is 23.6 Å². The van der Waals surface area contributed by atoms with Gasteiger partial charge in [0.25, 0.3) is 0 Å². The van der Waals surface area contributed by atoms with Gasteiger partial charge in [0.05, 0.1) is 14.2 Å². The first-order chi connectivity index (χ1) is 9.63. The molecule has 6 heteroatoms. The van der Waals surface area contributed by atoms with Crippen LogP contribution in [0.15, 0.2) is 30.6 Å². The highest BCUT2D eigenvalue weighted by atomic mass is 19.1. The quantitative estimate of drug-likeness (QED) is 0.782. The summed E-state index contributed by atoms with van der Waals surface area (Å²) < 4.78 is 23.3. The van der Waals surface area contributed by atoms with E-state index < -0.39 is 5.82 Å². The van der Waals surface area contributed by atoms with Gasteiger partial charge in [-0.25, -0.2) is 14.4 Å². The Morgan fingerprint density at radius 3 is 2.65 bits per heavy atom. The Hall–Kier alpha value is -2.50. The smallest absolute Gasteiger partial charge is 0.216 e. The van der Waals surface area contributed by atoms with Crippen LogP contribution in [0.2, 0.25) is 0 Å². The number of hydrogen-bond acceptors (Lipinski definition) is 5. The average Bonchev–Trinajstić information content (AvgIpc) is 2.47. The van der Waals surface area contributed by atoms with Gasteiger partial charge in [-0.15, -0.1) is 0 Å². The number of hydrogen-bond donors (Lipinski definition) is 0. The zero-order chi connectivity index (χ0) is 14.5. The van der Waals surface area contributed by atoms with E-state index in [4.69, 9.17) is 9.47 Å². The van der Waals surface area contributed by atoms with Crippen LogP contribution in [0.4, 0.5) is 4.39 Å². The molecule has 5 nitrogen and oxygen atoms in total. The summed E-state index contributed by atoms with van der Waals surface area (Å²) in [5.41, 5.74) is 0.777. The predicted molar refractivity (Wildman–Crippen MR) is 69.6 cm³/mol. The summed E-state index contributed by atoms with van der Waals surface area (Å²) in [5, 5.41) is 0. The number of halogens is 1. The largest absolute Gasteiger partial charge is 0.494 e. The number of benzene rings is 1. The van der Waals surface area contributed by atoms with E-state index >= 15 is 0 Å². The molecule has 0 N–H and O–H groups in total. The summed E-state index contributed by atoms with van der Waals surface area (Å²) >= 11 is 0. The number of aromatic nitrogens is 2. The first-order valence-electron chi connectivity index (χ1n) is 5.85. The maximum absolute atomic E-state index is 13.5. The molecule has 20 heavy (non-hydrogen) atoms. The number of ketones is 1. The third kappa shape index (κ3) is 3.09. The number of carbonyl (C=O) groups is 1. The molecule has 0 amide bonds. The highest BCUT2D eigenvalue weighted by molar-refractivity contribution is 5.95. The van der Waals surface area contributed by atoms with Crippen molar-refractivity contribution in [1.82, 2.24) is 9.97 Å². The van der Waals surface area contributed by atoms with Gasteiger partial charge in [-0.05, 0) is 17.7 Å². The lowest BCUT2D eigenvalue weighted by Crippen LogP contribution is -2.07. The van der Waals surface area contributed by atoms with Crippen molar-refractivity contribution in [3.63, 3.8) is 0 Å². The van der Waals surface area contributed by atoms with Crippen molar-refractivity contribution < 1.29 is 18.7 Å². The molecule has 1 aromatic heterocycles. The molecule has 0 saturated carbocycles. The molecule has 104 valence electrons. The normalized spacial score (nSPS) is 10.2. The zero-order valence-electron chi connectivity index (χ0n) is 11.1. The topological polar surface area (TPSA) is 61.3 Å². The number of methoxy groups -OCH3 is 2. The van der Waals surface area contributed by atoms with Gasteiger partial charge in [0.1, 0.15) is 12.0 Å². The van der Waals surface area contributed by atoms with Crippen molar-refractivity contribution in [3.05, 3.63) is 47.7 Å². The molecule has 0 unspecified atom stereocenters. The molecule has 0 radical (unpaired) electrons. The van der Waals surface area contributed by atoms with Gasteiger partial charge in [0, 0.05) is 12.5 Å². The minimum Gasteiger partial charge on any atom is -0.494 e. The predicted octanol–water partition coefficient (Wildman–Crippen LogP) is 2.06. The van der Waals surface area contributed by atoms with Gasteiger partial charge >= 0.3 is 0 Å². The summed E-state index contributed by atoms with van der Waals surface area (Å²) in [6.45, 7) is 0. The number of ether oxygens (including phenoxy) is 2. The fourth-order valence-electron chi connectivity index (χ4n) is 1.70. The second-order valence-electron chi connectivity index (χ2n) is 4.01. The lowest BCUT2D eigenvalue weighted by molar-refractivity contribution is 0.0987. The highest BCUT2D eigenvalue weighted by Gasteiger charge is 2.12. The number of Topliss-reactive ketones (excluding diaryl/α,β-unsaturated/α-hetero) is 1. The number of carbonyl (C=O) groups excluding carboxylic acids is 1. The molecule has 0 aliphatic carbocycles. The van der Waals surface area contributed by atoms with Crippen LogP contribution in [0, 0.1) is 5.82 Å². The van der Waals surface area contributed by atoms with Crippen LogP contribution in [-0.4, -0.2) is 30.0 Å². The molecular formula is C14H13FN2O3. The Labute approximate surface area is 115 Å². The van der Waals surface area contributed by atoms with Crippen molar-refractivity contribution in [2.45, 2.75) is 6.42 Å². The Balaban J connectivity index is 2.16. The second kappa shape index (κ2) is 6.10. The molecule has 0 aliphatic heterocycles. The van der Waals surface area contributed by atoms with E-state index in [1.807, 2.05) is 0 Å². The summed E-state index contributed by atoms with van der Waals surface area (Å²) in [4.78, 5) is 19.8. The molecule has 1 aromatic carbocycles. The molecule has 0 atom stereocenters. The Morgan fingerprint density at radius 1 is 1.20 bits per heavy atom. The highest BCUT2D eigenvalue weighted by Crippen LogP contribution is 2.19. The third-order valence-electron chi connectivity index (χ3n) is 2.72. The molecule has 0 aliphatic rings. The van der Waals surface area contributed by atoms with Crippen LogP contribution in [0.5, 0.6) is 11.6 Å². The van der Waals surface area contributed by atoms with Crippen molar-refractivity contribution in [3.8, 4) is 11.6 Å². The molecule has 0 bridgehead atoms. The summed E-state index contributed by atoms with van der Waals surface area (Å²) in [7, 11) is 2.84. The average molecular weight is 276 g/mol. The molecule has 1 heterocycles. The van der Waals surface area contributed by atoms with Crippen molar-refractivity contribution in [1.29, 1.82) is 0 Å². The van der Waals surface area contributed by atoms with Gasteiger partial charge < -0.3 is 9.47 Å². The maximum Gasteiger partial charge on any atom is 0.216 e. The SMILES string of the molecule is COc1cc(C(=O)Cc2ccc(OC)c(F)c2)ncn1. The zero-order valence-corrected chi connectivity index (χ0v) is 11.1. The molecule has 0 spiro atoms. The van der Waals surface area contributed by atoms with Gasteiger partial charge in [-0.3, -0.25) is 4.79 Å². The second-order valence-corrected chi connectivity index (χ2v) is 4.01. The fraction of sp³-hybridized carbons (Fsp3) is 0.214. The number of rotatable bonds is 5. The van der Waals surface area contributed by atoms with Crippen LogP contribution in [0.1, 0.15) is 16.1 Å². The van der Waals surface area contributed by atoms with Crippen molar-refractivity contribution in [2.24, 2.45) is 0 Å². The fourth-order valence-corrected chi connectivity index (χ4v) is 1.70. The van der Waals surface area contributed by atoms with Crippen molar-refractivity contribution in [2.75, 3.05) is 14.2 Å². The standard InChI is InChI=1S/C14H13FN2O3/c1-19-13-4-3-9(5-10(13)15)6-12(18)11-7-14(20-2)17-8-16-11/h3-5,7-8H,6H2,1-2H3. The minimum absolute atomic E-state index is 0.0427. The van der Waals surface area contributed by atoms with E-state index in [9.17, 15) is 9.18 Å². The van der Waals surface area contributed by atoms with Crippen molar-refractivity contribution >= 4 is 5.78 Å². The van der Waals surface area contributed by atoms with Gasteiger partial charge in [-0.2, -0.15) is 0 Å². The Morgan fingerprint density at radius 2 is 2.00 bits per heavy atom. The monoisotopic (exact) mass is 276 g/mol. The number of nitrogens with zero attached hydrogens (tertiary/aromatic N) is 2. The van der Waals surface area contributed by atoms with Crippen LogP contribution < -0.4 is 9.47 Å². The third-order valence-corrected chi connectivity index (χ3v) is 2.72. The molecule has 0 saturated heterocycles. The summed E-state index contributed by atoms with van der Waals surface area (Å²) in [6, 6.07) is 5.84. The van der Waals surface area contributed by atoms with Gasteiger partial charge in [0.15, 0.2) is 17.3 Å². The first kappa shape index (κ1) is 13.9. The van der Waals surface area contributed by atoms with E-state index in [0.29, 0.717) is 11.4 Å².